The molecular formula is C16H12ClNO2. The van der Waals surface area contributed by atoms with Crippen LogP contribution in [0.1, 0.15) is 15.9 Å². The van der Waals surface area contributed by atoms with E-state index < -0.39 is 5.97 Å². The smallest absolute Gasteiger partial charge is 0.335 e. The minimum absolute atomic E-state index is 0.296. The summed E-state index contributed by atoms with van der Waals surface area (Å²) in [5.41, 5.74) is 2.20. The fourth-order valence-corrected chi connectivity index (χ4v) is 2.64. The molecular weight excluding hydrogens is 274 g/mol. The van der Waals surface area contributed by atoms with Crippen LogP contribution in [0.2, 0.25) is 5.02 Å². The van der Waals surface area contributed by atoms with E-state index in [-0.39, 0.29) is 0 Å². The van der Waals surface area contributed by atoms with E-state index in [0.29, 0.717) is 17.1 Å². The molecule has 3 aromatic rings. The molecule has 2 aromatic carbocycles. The first-order chi connectivity index (χ1) is 9.65. The second kappa shape index (κ2) is 5.02. The summed E-state index contributed by atoms with van der Waals surface area (Å²) >= 11 is 6.24. The zero-order valence-corrected chi connectivity index (χ0v) is 11.3. The van der Waals surface area contributed by atoms with Crippen LogP contribution >= 0.6 is 11.6 Å². The van der Waals surface area contributed by atoms with Crippen LogP contribution < -0.4 is 0 Å². The number of rotatable bonds is 3. The van der Waals surface area contributed by atoms with Crippen molar-refractivity contribution in [2.45, 2.75) is 6.54 Å². The summed E-state index contributed by atoms with van der Waals surface area (Å²) in [4.78, 5) is 11.0. The van der Waals surface area contributed by atoms with Crippen molar-refractivity contribution in [2.24, 2.45) is 0 Å². The topological polar surface area (TPSA) is 42.2 Å². The second-order valence-electron chi connectivity index (χ2n) is 4.63. The van der Waals surface area contributed by atoms with Gasteiger partial charge in [0, 0.05) is 18.1 Å². The number of nitrogens with zero attached hydrogens (tertiary/aromatic N) is 1. The number of para-hydroxylation sites is 1. The number of halogens is 1. The number of aromatic nitrogens is 1. The second-order valence-corrected chi connectivity index (χ2v) is 5.03. The quantitative estimate of drug-likeness (QED) is 0.789. The molecule has 0 aliphatic rings. The fourth-order valence-electron chi connectivity index (χ4n) is 2.35. The van der Waals surface area contributed by atoms with E-state index in [2.05, 4.69) is 0 Å². The number of carboxylic acids is 1. The van der Waals surface area contributed by atoms with E-state index in [1.807, 2.05) is 41.1 Å². The predicted molar refractivity (Wildman–Crippen MR) is 79.5 cm³/mol. The molecule has 0 atom stereocenters. The van der Waals surface area contributed by atoms with Gasteiger partial charge >= 0.3 is 5.97 Å². The molecule has 0 aliphatic heterocycles. The summed E-state index contributed by atoms with van der Waals surface area (Å²) < 4.78 is 2.03. The molecule has 3 rings (SSSR count). The highest BCUT2D eigenvalue weighted by molar-refractivity contribution is 6.35. The zero-order valence-electron chi connectivity index (χ0n) is 10.6. The van der Waals surface area contributed by atoms with Gasteiger partial charge in [0.1, 0.15) is 0 Å². The molecule has 0 saturated carbocycles. The molecule has 4 heteroatoms. The van der Waals surface area contributed by atoms with E-state index >= 15 is 0 Å². The zero-order chi connectivity index (χ0) is 14.1. The lowest BCUT2D eigenvalue weighted by atomic mass is 10.1. The highest BCUT2D eigenvalue weighted by Crippen LogP contribution is 2.25. The first-order valence-corrected chi connectivity index (χ1v) is 6.58. The molecule has 0 spiro atoms. The Morgan fingerprint density at radius 2 is 1.95 bits per heavy atom. The van der Waals surface area contributed by atoms with Gasteiger partial charge in [-0.25, -0.2) is 4.79 Å². The normalized spacial score (nSPS) is 10.8. The summed E-state index contributed by atoms with van der Waals surface area (Å²) in [6.07, 6.45) is 1.96. The van der Waals surface area contributed by atoms with Gasteiger partial charge in [0.05, 0.1) is 16.1 Å². The van der Waals surface area contributed by atoms with Crippen LogP contribution in [0.5, 0.6) is 0 Å². The van der Waals surface area contributed by atoms with Gasteiger partial charge in [-0.05, 0) is 29.8 Å². The Balaban J connectivity index is 2.01. The maximum absolute atomic E-state index is 11.0. The Hall–Kier alpha value is -2.26. The molecule has 0 amide bonds. The molecule has 100 valence electrons. The Kier molecular flexibility index (Phi) is 3.20. The Morgan fingerprint density at radius 3 is 2.75 bits per heavy atom. The maximum atomic E-state index is 11.0. The molecule has 0 fully saturated rings. The van der Waals surface area contributed by atoms with Gasteiger partial charge in [0.15, 0.2) is 0 Å². The lowest BCUT2D eigenvalue weighted by Gasteiger charge is -2.07. The van der Waals surface area contributed by atoms with Crippen molar-refractivity contribution >= 4 is 28.5 Å². The van der Waals surface area contributed by atoms with Gasteiger partial charge in [-0.3, -0.25) is 0 Å². The van der Waals surface area contributed by atoms with Crippen LogP contribution in [0.15, 0.2) is 54.7 Å². The van der Waals surface area contributed by atoms with Gasteiger partial charge in [-0.1, -0.05) is 35.9 Å². The summed E-state index contributed by atoms with van der Waals surface area (Å²) in [5, 5.41) is 10.8. The van der Waals surface area contributed by atoms with Crippen molar-refractivity contribution in [3.05, 3.63) is 70.9 Å². The van der Waals surface area contributed by atoms with E-state index in [9.17, 15) is 4.79 Å². The fraction of sp³-hybridized carbons (Fsp3) is 0.0625. The van der Waals surface area contributed by atoms with Gasteiger partial charge in [0.2, 0.25) is 0 Å². The highest BCUT2D eigenvalue weighted by Gasteiger charge is 2.07. The lowest BCUT2D eigenvalue weighted by Crippen LogP contribution is -2.01. The third-order valence-corrected chi connectivity index (χ3v) is 3.57. The Labute approximate surface area is 121 Å². The molecule has 0 aliphatic carbocycles. The van der Waals surface area contributed by atoms with Gasteiger partial charge < -0.3 is 9.67 Å². The monoisotopic (exact) mass is 285 g/mol. The molecule has 0 unspecified atom stereocenters. The van der Waals surface area contributed by atoms with Gasteiger partial charge in [-0.2, -0.15) is 0 Å². The number of hydrogen-bond donors (Lipinski definition) is 1. The standard InChI is InChI=1S/C16H12ClNO2/c17-14-6-2-4-12-7-8-18(15(12)14)10-11-3-1-5-13(9-11)16(19)20/h1-9H,10H2,(H,19,20). The van der Waals surface area contributed by atoms with Crippen LogP contribution in [-0.2, 0) is 6.54 Å². The van der Waals surface area contributed by atoms with Crippen molar-refractivity contribution < 1.29 is 9.90 Å². The number of benzene rings is 2. The van der Waals surface area contributed by atoms with E-state index in [1.54, 1.807) is 18.2 Å². The van der Waals surface area contributed by atoms with Crippen molar-refractivity contribution in [1.29, 1.82) is 0 Å². The van der Waals surface area contributed by atoms with Crippen LogP contribution in [0, 0.1) is 0 Å². The average Bonchev–Trinajstić information content (AvgIpc) is 2.84. The van der Waals surface area contributed by atoms with Crippen LogP contribution in [0.3, 0.4) is 0 Å². The molecule has 0 saturated heterocycles. The number of carbonyl (C=O) groups is 1. The van der Waals surface area contributed by atoms with E-state index in [4.69, 9.17) is 16.7 Å². The van der Waals surface area contributed by atoms with Crippen LogP contribution in [0.4, 0.5) is 0 Å². The number of hydrogen-bond acceptors (Lipinski definition) is 1. The summed E-state index contributed by atoms with van der Waals surface area (Å²) in [5.74, 6) is -0.915. The van der Waals surface area contributed by atoms with Gasteiger partial charge in [0.25, 0.3) is 0 Å². The van der Waals surface area contributed by atoms with Crippen molar-refractivity contribution in [1.82, 2.24) is 4.57 Å². The third-order valence-electron chi connectivity index (χ3n) is 3.27. The first-order valence-electron chi connectivity index (χ1n) is 6.21. The highest BCUT2D eigenvalue weighted by atomic mass is 35.5. The number of carboxylic acid groups (broad SMARTS) is 1. The number of aromatic carboxylic acids is 1. The minimum Gasteiger partial charge on any atom is -0.478 e. The van der Waals surface area contributed by atoms with Crippen LogP contribution in [-0.4, -0.2) is 15.6 Å². The van der Waals surface area contributed by atoms with Gasteiger partial charge in [-0.15, -0.1) is 0 Å². The lowest BCUT2D eigenvalue weighted by molar-refractivity contribution is 0.0696. The molecule has 0 radical (unpaired) electrons. The molecule has 1 aromatic heterocycles. The summed E-state index contributed by atoms with van der Waals surface area (Å²) in [7, 11) is 0. The summed E-state index contributed by atoms with van der Waals surface area (Å²) in [6.45, 7) is 0.592. The van der Waals surface area contributed by atoms with E-state index in [0.717, 1.165) is 16.5 Å². The average molecular weight is 286 g/mol. The van der Waals surface area contributed by atoms with E-state index in [1.165, 1.54) is 0 Å². The number of fused-ring (bicyclic) bond motifs is 1. The molecule has 0 bridgehead atoms. The first kappa shape index (κ1) is 12.8. The minimum atomic E-state index is -0.915. The SMILES string of the molecule is O=C(O)c1cccc(Cn2ccc3cccc(Cl)c32)c1. The third kappa shape index (κ3) is 2.28. The molecule has 1 N–H and O–H groups in total. The van der Waals surface area contributed by atoms with Crippen molar-refractivity contribution in [3.63, 3.8) is 0 Å². The largest absolute Gasteiger partial charge is 0.478 e. The maximum Gasteiger partial charge on any atom is 0.335 e. The molecule has 20 heavy (non-hydrogen) atoms. The Morgan fingerprint density at radius 1 is 1.15 bits per heavy atom. The Bertz CT molecular complexity index is 792. The summed E-state index contributed by atoms with van der Waals surface area (Å²) in [6, 6.07) is 14.7. The van der Waals surface area contributed by atoms with Crippen molar-refractivity contribution in [3.8, 4) is 0 Å². The molecule has 3 nitrogen and oxygen atoms in total. The predicted octanol–water partition coefficient (Wildman–Crippen LogP) is 4.04. The molecule has 1 heterocycles. The van der Waals surface area contributed by atoms with Crippen molar-refractivity contribution in [2.75, 3.05) is 0 Å². The van der Waals surface area contributed by atoms with Crippen LogP contribution in [0.25, 0.3) is 10.9 Å².